The van der Waals surface area contributed by atoms with Gasteiger partial charge in [-0.3, -0.25) is 9.59 Å². The Balaban J connectivity index is 4.13. The molecule has 4 nitrogen and oxygen atoms in total. The summed E-state index contributed by atoms with van der Waals surface area (Å²) < 4.78 is 0. The van der Waals surface area contributed by atoms with Crippen LogP contribution in [-0.4, -0.2) is 22.2 Å². The van der Waals surface area contributed by atoms with Crippen molar-refractivity contribution < 1.29 is 19.8 Å². The number of carbonyl (C=O) groups is 2. The molecule has 2 atom stereocenters. The highest BCUT2D eigenvalue weighted by molar-refractivity contribution is 5.81. The second kappa shape index (κ2) is 8.79. The number of unbranched alkanes of at least 4 members (excludes halogenated alkanes) is 4. The van der Waals surface area contributed by atoms with Gasteiger partial charge in [-0.2, -0.15) is 0 Å². The predicted octanol–water partition coefficient (Wildman–Crippen LogP) is 2.93. The standard InChI is InChI=1S/C13H22O4/c1-3-4-5-6-7-8-9-11(13(16)17)10(2)12(14)15/h8-11H,3-7H2,1-2H3,(H,14,15)(H,16,17)/b9-8+. The van der Waals surface area contributed by atoms with Gasteiger partial charge in [-0.1, -0.05) is 45.3 Å². The van der Waals surface area contributed by atoms with Crippen molar-refractivity contribution in [2.24, 2.45) is 11.8 Å². The summed E-state index contributed by atoms with van der Waals surface area (Å²) in [4.78, 5) is 21.6. The summed E-state index contributed by atoms with van der Waals surface area (Å²) >= 11 is 0. The van der Waals surface area contributed by atoms with Gasteiger partial charge in [0.1, 0.15) is 0 Å². The molecule has 0 spiro atoms. The van der Waals surface area contributed by atoms with Gasteiger partial charge in [-0.05, 0) is 12.8 Å². The number of rotatable bonds is 9. The Morgan fingerprint density at radius 2 is 1.76 bits per heavy atom. The quantitative estimate of drug-likeness (QED) is 0.481. The first-order valence-electron chi connectivity index (χ1n) is 6.13. The number of allylic oxidation sites excluding steroid dienone is 1. The van der Waals surface area contributed by atoms with Crippen LogP contribution in [0.25, 0.3) is 0 Å². The maximum atomic E-state index is 10.9. The lowest BCUT2D eigenvalue weighted by Gasteiger charge is -2.11. The van der Waals surface area contributed by atoms with E-state index in [0.717, 1.165) is 25.7 Å². The van der Waals surface area contributed by atoms with Gasteiger partial charge >= 0.3 is 11.9 Å². The van der Waals surface area contributed by atoms with Crippen LogP contribution >= 0.6 is 0 Å². The zero-order valence-corrected chi connectivity index (χ0v) is 10.6. The molecule has 0 aromatic heterocycles. The molecule has 0 aromatic rings. The van der Waals surface area contributed by atoms with Gasteiger partial charge in [0, 0.05) is 0 Å². The monoisotopic (exact) mass is 242 g/mol. The second-order valence-corrected chi connectivity index (χ2v) is 4.27. The highest BCUT2D eigenvalue weighted by Gasteiger charge is 2.27. The minimum Gasteiger partial charge on any atom is -0.481 e. The Kier molecular flexibility index (Phi) is 8.11. The van der Waals surface area contributed by atoms with Crippen LogP contribution in [0.4, 0.5) is 0 Å². The van der Waals surface area contributed by atoms with Crippen LogP contribution in [0.15, 0.2) is 12.2 Å². The van der Waals surface area contributed by atoms with Gasteiger partial charge in [0.2, 0.25) is 0 Å². The lowest BCUT2D eigenvalue weighted by Crippen LogP contribution is -2.25. The molecule has 0 heterocycles. The Bertz CT molecular complexity index is 271. The fourth-order valence-corrected chi connectivity index (χ4v) is 1.55. The number of hydrogen-bond donors (Lipinski definition) is 2. The van der Waals surface area contributed by atoms with Crippen molar-refractivity contribution in [3.8, 4) is 0 Å². The maximum absolute atomic E-state index is 10.9. The first-order chi connectivity index (χ1) is 8.00. The Labute approximate surface area is 102 Å². The first-order valence-corrected chi connectivity index (χ1v) is 6.13. The van der Waals surface area contributed by atoms with E-state index < -0.39 is 23.8 Å². The average molecular weight is 242 g/mol. The molecule has 98 valence electrons. The van der Waals surface area contributed by atoms with Crippen LogP contribution in [0.5, 0.6) is 0 Å². The first kappa shape index (κ1) is 15.7. The highest BCUT2D eigenvalue weighted by Crippen LogP contribution is 2.15. The van der Waals surface area contributed by atoms with Crippen molar-refractivity contribution in [3.05, 3.63) is 12.2 Å². The van der Waals surface area contributed by atoms with Crippen LogP contribution in [0.3, 0.4) is 0 Å². The van der Waals surface area contributed by atoms with E-state index in [0.29, 0.717) is 0 Å². The van der Waals surface area contributed by atoms with Gasteiger partial charge in [0.05, 0.1) is 11.8 Å². The van der Waals surface area contributed by atoms with E-state index >= 15 is 0 Å². The van der Waals surface area contributed by atoms with Crippen molar-refractivity contribution in [3.63, 3.8) is 0 Å². The van der Waals surface area contributed by atoms with Crippen LogP contribution < -0.4 is 0 Å². The SMILES string of the molecule is CCCCCC/C=C/C(C(=O)O)C(C)C(=O)O. The fourth-order valence-electron chi connectivity index (χ4n) is 1.55. The highest BCUT2D eigenvalue weighted by atomic mass is 16.4. The lowest BCUT2D eigenvalue weighted by atomic mass is 9.93. The third-order valence-corrected chi connectivity index (χ3v) is 2.78. The van der Waals surface area contributed by atoms with E-state index in [1.807, 2.05) is 0 Å². The summed E-state index contributed by atoms with van der Waals surface area (Å²) in [5, 5.41) is 17.7. The number of aliphatic carboxylic acids is 2. The second-order valence-electron chi connectivity index (χ2n) is 4.27. The molecule has 2 N–H and O–H groups in total. The summed E-state index contributed by atoms with van der Waals surface area (Å²) in [7, 11) is 0. The molecule has 0 amide bonds. The van der Waals surface area contributed by atoms with Crippen LogP contribution in [0.1, 0.15) is 46.0 Å². The van der Waals surface area contributed by atoms with E-state index in [4.69, 9.17) is 10.2 Å². The molecule has 0 bridgehead atoms. The lowest BCUT2D eigenvalue weighted by molar-refractivity contribution is -0.151. The summed E-state index contributed by atoms with van der Waals surface area (Å²) in [5.74, 6) is -3.98. The molecule has 0 rings (SSSR count). The molecule has 17 heavy (non-hydrogen) atoms. The zero-order chi connectivity index (χ0) is 13.3. The van der Waals surface area contributed by atoms with Gasteiger partial charge in [0.15, 0.2) is 0 Å². The smallest absolute Gasteiger partial charge is 0.311 e. The van der Waals surface area contributed by atoms with Crippen LogP contribution in [0, 0.1) is 11.8 Å². The molecule has 0 radical (unpaired) electrons. The normalized spacial score (nSPS) is 14.7. The summed E-state index contributed by atoms with van der Waals surface area (Å²) in [5.41, 5.74) is 0. The van der Waals surface area contributed by atoms with Gasteiger partial charge < -0.3 is 10.2 Å². The van der Waals surface area contributed by atoms with Crippen molar-refractivity contribution in [2.75, 3.05) is 0 Å². The number of carboxylic acid groups (broad SMARTS) is 2. The average Bonchev–Trinajstić information content (AvgIpc) is 2.26. The van der Waals surface area contributed by atoms with Crippen molar-refractivity contribution >= 4 is 11.9 Å². The summed E-state index contributed by atoms with van der Waals surface area (Å²) in [6.45, 7) is 3.55. The van der Waals surface area contributed by atoms with E-state index in [1.54, 1.807) is 6.08 Å². The van der Waals surface area contributed by atoms with Crippen LogP contribution in [-0.2, 0) is 9.59 Å². The Hall–Kier alpha value is -1.32. The van der Waals surface area contributed by atoms with E-state index in [9.17, 15) is 9.59 Å². The topological polar surface area (TPSA) is 74.6 Å². The molecular formula is C13H22O4. The minimum absolute atomic E-state index is 0.816. The Morgan fingerprint density at radius 1 is 1.12 bits per heavy atom. The van der Waals surface area contributed by atoms with E-state index in [1.165, 1.54) is 19.4 Å². The van der Waals surface area contributed by atoms with Gasteiger partial charge in [-0.25, -0.2) is 0 Å². The summed E-state index contributed by atoms with van der Waals surface area (Å²) in [6, 6.07) is 0. The third-order valence-electron chi connectivity index (χ3n) is 2.78. The Morgan fingerprint density at radius 3 is 2.24 bits per heavy atom. The molecule has 0 fully saturated rings. The van der Waals surface area contributed by atoms with Crippen molar-refractivity contribution in [2.45, 2.75) is 46.0 Å². The molecule has 0 aromatic carbocycles. The van der Waals surface area contributed by atoms with Crippen LogP contribution in [0.2, 0.25) is 0 Å². The number of carboxylic acids is 2. The minimum atomic E-state index is -1.08. The van der Waals surface area contributed by atoms with Gasteiger partial charge in [-0.15, -0.1) is 0 Å². The van der Waals surface area contributed by atoms with Gasteiger partial charge in [0.25, 0.3) is 0 Å². The molecule has 0 aliphatic heterocycles. The summed E-state index contributed by atoms with van der Waals surface area (Å²) in [6.07, 6.45) is 8.61. The molecule has 0 saturated carbocycles. The van der Waals surface area contributed by atoms with E-state index in [-0.39, 0.29) is 0 Å². The molecule has 2 unspecified atom stereocenters. The van der Waals surface area contributed by atoms with Crippen molar-refractivity contribution in [1.29, 1.82) is 0 Å². The van der Waals surface area contributed by atoms with Crippen molar-refractivity contribution in [1.82, 2.24) is 0 Å². The molecule has 4 heteroatoms. The maximum Gasteiger partial charge on any atom is 0.311 e. The van der Waals surface area contributed by atoms with E-state index in [2.05, 4.69) is 6.92 Å². The molecule has 0 aliphatic carbocycles. The largest absolute Gasteiger partial charge is 0.481 e. The fraction of sp³-hybridized carbons (Fsp3) is 0.692. The molecule has 0 saturated heterocycles. The third kappa shape index (κ3) is 6.76. The molecular weight excluding hydrogens is 220 g/mol. The number of hydrogen-bond acceptors (Lipinski definition) is 2. The molecule has 0 aliphatic rings. The predicted molar refractivity (Wildman–Crippen MR) is 65.8 cm³/mol. The zero-order valence-electron chi connectivity index (χ0n) is 10.6.